The Bertz CT molecular complexity index is 808. The first-order chi connectivity index (χ1) is 10.1. The van der Waals surface area contributed by atoms with E-state index in [-0.39, 0.29) is 11.9 Å². The lowest BCUT2D eigenvalue weighted by molar-refractivity contribution is 0.0945. The lowest BCUT2D eigenvalue weighted by Gasteiger charge is -2.10. The highest BCUT2D eigenvalue weighted by atomic mass is 32.1. The molecule has 0 saturated heterocycles. The zero-order valence-electron chi connectivity index (χ0n) is 11.6. The summed E-state index contributed by atoms with van der Waals surface area (Å²) >= 11 is 2.85. The average Bonchev–Trinajstić information content (AvgIpc) is 3.04. The monoisotopic (exact) mass is 318 g/mol. The molecule has 0 bridgehead atoms. The minimum Gasteiger partial charge on any atom is -0.397 e. The summed E-state index contributed by atoms with van der Waals surface area (Å²) in [5.41, 5.74) is 7.50. The Morgan fingerprint density at radius 1 is 1.48 bits per heavy atom. The molecule has 0 saturated carbocycles. The molecule has 1 atom stereocenters. The van der Waals surface area contributed by atoms with Crippen LogP contribution in [0.4, 0.5) is 5.69 Å². The quantitative estimate of drug-likeness (QED) is 0.777. The maximum atomic E-state index is 12.4. The molecule has 3 aromatic rings. The van der Waals surface area contributed by atoms with Crippen LogP contribution in [0.5, 0.6) is 0 Å². The number of rotatable bonds is 3. The van der Waals surface area contributed by atoms with Gasteiger partial charge in [0.05, 0.1) is 11.7 Å². The van der Waals surface area contributed by atoms with Gasteiger partial charge in [0.25, 0.3) is 5.91 Å². The van der Waals surface area contributed by atoms with Crippen molar-refractivity contribution >= 4 is 44.5 Å². The van der Waals surface area contributed by atoms with Crippen LogP contribution in [0.3, 0.4) is 0 Å². The van der Waals surface area contributed by atoms with Gasteiger partial charge >= 0.3 is 0 Å². The van der Waals surface area contributed by atoms with Gasteiger partial charge in [0.15, 0.2) is 0 Å². The summed E-state index contributed by atoms with van der Waals surface area (Å²) in [7, 11) is 0. The molecule has 3 aromatic heterocycles. The van der Waals surface area contributed by atoms with Crippen LogP contribution in [0.1, 0.15) is 33.3 Å². The Kier molecular flexibility index (Phi) is 3.60. The molecule has 0 fully saturated rings. The third kappa shape index (κ3) is 2.62. The Morgan fingerprint density at radius 3 is 2.95 bits per heavy atom. The molecule has 0 aliphatic carbocycles. The molecule has 0 radical (unpaired) electrons. The van der Waals surface area contributed by atoms with Crippen molar-refractivity contribution < 1.29 is 4.79 Å². The second-order valence-electron chi connectivity index (χ2n) is 4.72. The lowest BCUT2D eigenvalue weighted by Crippen LogP contribution is -2.26. The minimum absolute atomic E-state index is 0.145. The number of pyridine rings is 1. The molecule has 108 valence electrons. The predicted molar refractivity (Wildman–Crippen MR) is 86.8 cm³/mol. The number of anilines is 1. The van der Waals surface area contributed by atoms with Crippen LogP contribution in [0, 0.1) is 6.92 Å². The van der Waals surface area contributed by atoms with Crippen molar-refractivity contribution in [3.8, 4) is 0 Å². The van der Waals surface area contributed by atoms with Crippen LogP contribution < -0.4 is 11.1 Å². The van der Waals surface area contributed by atoms with Gasteiger partial charge in [-0.15, -0.1) is 22.7 Å². The van der Waals surface area contributed by atoms with Crippen molar-refractivity contribution in [1.29, 1.82) is 0 Å². The SMILES string of the molecule is Cc1csc(C(C)NC(=O)c2sc3ncccc3c2N)n1. The van der Waals surface area contributed by atoms with Gasteiger partial charge in [-0.05, 0) is 26.0 Å². The number of fused-ring (bicyclic) bond motifs is 1. The van der Waals surface area contributed by atoms with Crippen LogP contribution in [0.2, 0.25) is 0 Å². The van der Waals surface area contributed by atoms with E-state index in [0.29, 0.717) is 10.6 Å². The molecule has 21 heavy (non-hydrogen) atoms. The van der Waals surface area contributed by atoms with Crippen LogP contribution in [0.25, 0.3) is 10.2 Å². The predicted octanol–water partition coefficient (Wildman–Crippen LogP) is 3.13. The second-order valence-corrected chi connectivity index (χ2v) is 6.61. The maximum absolute atomic E-state index is 12.4. The maximum Gasteiger partial charge on any atom is 0.264 e. The number of nitrogens with two attached hydrogens (primary N) is 1. The highest BCUT2D eigenvalue weighted by molar-refractivity contribution is 7.21. The van der Waals surface area contributed by atoms with E-state index in [1.165, 1.54) is 22.7 Å². The highest BCUT2D eigenvalue weighted by Gasteiger charge is 2.20. The van der Waals surface area contributed by atoms with Gasteiger partial charge in [0.1, 0.15) is 14.7 Å². The molecule has 5 nitrogen and oxygen atoms in total. The topological polar surface area (TPSA) is 80.9 Å². The third-order valence-electron chi connectivity index (χ3n) is 3.07. The Balaban J connectivity index is 1.85. The van der Waals surface area contributed by atoms with Crippen molar-refractivity contribution in [1.82, 2.24) is 15.3 Å². The summed E-state index contributed by atoms with van der Waals surface area (Å²) < 4.78 is 0. The summed E-state index contributed by atoms with van der Waals surface area (Å²) in [5, 5.41) is 6.62. The molecule has 3 heterocycles. The van der Waals surface area contributed by atoms with E-state index < -0.39 is 0 Å². The zero-order chi connectivity index (χ0) is 15.0. The number of carbonyl (C=O) groups is 1. The average molecular weight is 318 g/mol. The molecule has 3 rings (SSSR count). The summed E-state index contributed by atoms with van der Waals surface area (Å²) in [5.74, 6) is -0.184. The fourth-order valence-electron chi connectivity index (χ4n) is 2.01. The molecular formula is C14H14N4OS2. The number of nitrogens with zero attached hydrogens (tertiary/aromatic N) is 2. The number of carbonyl (C=O) groups excluding carboxylic acids is 1. The van der Waals surface area contributed by atoms with Crippen molar-refractivity contribution in [2.24, 2.45) is 0 Å². The standard InChI is InChI=1S/C14H14N4OS2/c1-7-6-20-13(17-7)8(2)18-12(19)11-10(15)9-4-3-5-16-14(9)21-11/h3-6,8H,15H2,1-2H3,(H,18,19). The molecule has 7 heteroatoms. The Labute approximate surface area is 129 Å². The summed E-state index contributed by atoms with van der Waals surface area (Å²) in [6.45, 7) is 3.85. The molecule has 0 aliphatic heterocycles. The van der Waals surface area contributed by atoms with Crippen LogP contribution in [0.15, 0.2) is 23.7 Å². The van der Waals surface area contributed by atoms with E-state index in [1.54, 1.807) is 6.20 Å². The van der Waals surface area contributed by atoms with Crippen LogP contribution >= 0.6 is 22.7 Å². The first kappa shape index (κ1) is 14.0. The van der Waals surface area contributed by atoms with Gasteiger partial charge in [-0.25, -0.2) is 9.97 Å². The van der Waals surface area contributed by atoms with Crippen molar-refractivity contribution in [2.45, 2.75) is 19.9 Å². The fraction of sp³-hybridized carbons (Fsp3) is 0.214. The van der Waals surface area contributed by atoms with Gasteiger partial charge in [-0.1, -0.05) is 0 Å². The van der Waals surface area contributed by atoms with Crippen molar-refractivity contribution in [3.63, 3.8) is 0 Å². The van der Waals surface area contributed by atoms with Gasteiger partial charge in [-0.2, -0.15) is 0 Å². The molecule has 0 spiro atoms. The summed E-state index contributed by atoms with van der Waals surface area (Å²) in [4.78, 5) is 22.3. The smallest absolute Gasteiger partial charge is 0.264 e. The number of thiophene rings is 1. The van der Waals surface area contributed by atoms with E-state index in [0.717, 1.165) is 20.9 Å². The zero-order valence-corrected chi connectivity index (χ0v) is 13.2. The molecule has 0 aromatic carbocycles. The number of amides is 1. The largest absolute Gasteiger partial charge is 0.397 e. The molecule has 1 unspecified atom stereocenters. The number of aromatic nitrogens is 2. The van der Waals surface area contributed by atoms with Crippen molar-refractivity contribution in [2.75, 3.05) is 5.73 Å². The second kappa shape index (κ2) is 5.42. The van der Waals surface area contributed by atoms with E-state index in [2.05, 4.69) is 15.3 Å². The van der Waals surface area contributed by atoms with Gasteiger partial charge < -0.3 is 11.1 Å². The minimum atomic E-state index is -0.184. The Hall–Kier alpha value is -1.99. The molecule has 1 amide bonds. The first-order valence-electron chi connectivity index (χ1n) is 6.42. The van der Waals surface area contributed by atoms with Crippen LogP contribution in [-0.4, -0.2) is 15.9 Å². The number of nitrogens with one attached hydrogen (secondary N) is 1. The molecule has 0 aliphatic rings. The van der Waals surface area contributed by atoms with E-state index in [4.69, 9.17) is 5.73 Å². The molecular weight excluding hydrogens is 304 g/mol. The van der Waals surface area contributed by atoms with E-state index >= 15 is 0 Å². The van der Waals surface area contributed by atoms with E-state index in [1.807, 2.05) is 31.4 Å². The van der Waals surface area contributed by atoms with Crippen molar-refractivity contribution in [3.05, 3.63) is 39.3 Å². The number of nitrogen functional groups attached to an aromatic ring is 1. The fourth-order valence-corrected chi connectivity index (χ4v) is 3.78. The number of hydrogen-bond acceptors (Lipinski definition) is 6. The molecule has 3 N–H and O–H groups in total. The normalized spacial score (nSPS) is 12.5. The van der Waals surface area contributed by atoms with Crippen LogP contribution in [-0.2, 0) is 0 Å². The van der Waals surface area contributed by atoms with Gasteiger partial charge in [-0.3, -0.25) is 4.79 Å². The third-order valence-corrected chi connectivity index (χ3v) is 5.34. The lowest BCUT2D eigenvalue weighted by atomic mass is 10.2. The Morgan fingerprint density at radius 2 is 2.29 bits per heavy atom. The van der Waals surface area contributed by atoms with Gasteiger partial charge in [0.2, 0.25) is 0 Å². The number of hydrogen-bond donors (Lipinski definition) is 2. The first-order valence-corrected chi connectivity index (χ1v) is 8.11. The number of aryl methyl sites for hydroxylation is 1. The van der Waals surface area contributed by atoms with E-state index in [9.17, 15) is 4.79 Å². The summed E-state index contributed by atoms with van der Waals surface area (Å²) in [6.07, 6.45) is 1.70. The van der Waals surface area contributed by atoms with Gasteiger partial charge in [0, 0.05) is 22.7 Å². The number of thiazole rings is 1. The highest BCUT2D eigenvalue weighted by Crippen LogP contribution is 2.32. The summed E-state index contributed by atoms with van der Waals surface area (Å²) in [6, 6.07) is 3.54.